The largest absolute Gasteiger partial charge is 0.436 e. The third-order valence-electron chi connectivity index (χ3n) is 5.93. The summed E-state index contributed by atoms with van der Waals surface area (Å²) in [6, 6.07) is 22.0. The van der Waals surface area contributed by atoms with Crippen molar-refractivity contribution in [3.05, 3.63) is 72.9 Å². The molecule has 8 heteroatoms. The Hall–Kier alpha value is -1.11. The molecule has 0 spiro atoms. The highest BCUT2D eigenvalue weighted by atomic mass is 28.5. The van der Waals surface area contributed by atoms with E-state index in [1.165, 1.54) is 12.8 Å². The first-order valence-electron chi connectivity index (χ1n) is 13.0. The fourth-order valence-corrected chi connectivity index (χ4v) is 22.8. The maximum Gasteiger partial charge on any atom is 0.398 e. The van der Waals surface area contributed by atoms with Gasteiger partial charge in [-0.05, 0) is 55.6 Å². The minimum atomic E-state index is -3.08. The zero-order chi connectivity index (χ0) is 26.0. The Kier molecular flexibility index (Phi) is 11.6. The number of benzene rings is 2. The van der Waals surface area contributed by atoms with Crippen LogP contribution in [0.5, 0.6) is 0 Å². The molecule has 0 aliphatic carbocycles. The van der Waals surface area contributed by atoms with Crippen LogP contribution in [0.15, 0.2) is 72.9 Å². The fourth-order valence-electron chi connectivity index (χ4n) is 4.37. The Labute approximate surface area is 218 Å². The molecule has 0 saturated carbocycles. The van der Waals surface area contributed by atoms with Crippen LogP contribution in [-0.2, 0) is 16.8 Å². The molecule has 0 aromatic heterocycles. The molecule has 0 saturated heterocycles. The highest BCUT2D eigenvalue weighted by molar-refractivity contribution is 6.99. The zero-order valence-electron chi connectivity index (χ0n) is 22.9. The Morgan fingerprint density at radius 2 is 1.23 bits per heavy atom. The van der Waals surface area contributed by atoms with Crippen LogP contribution in [0.1, 0.15) is 39.5 Å². The second-order valence-corrected chi connectivity index (χ2v) is 24.7. The molecule has 0 radical (unpaired) electrons. The molecule has 0 bridgehead atoms. The van der Waals surface area contributed by atoms with Crippen LogP contribution >= 0.6 is 0 Å². The van der Waals surface area contributed by atoms with E-state index in [9.17, 15) is 0 Å². The van der Waals surface area contributed by atoms with Crippen LogP contribution in [0.3, 0.4) is 0 Å². The van der Waals surface area contributed by atoms with E-state index < -0.39 is 34.0 Å². The average Bonchev–Trinajstić information content (AvgIpc) is 2.82. The third-order valence-corrected chi connectivity index (χ3v) is 21.6. The lowest BCUT2D eigenvalue weighted by atomic mass is 10.4. The molecule has 0 aliphatic heterocycles. The lowest BCUT2D eigenvalue weighted by molar-refractivity contribution is 0.234. The highest BCUT2D eigenvalue weighted by Crippen LogP contribution is 2.27. The van der Waals surface area contributed by atoms with Gasteiger partial charge in [0.25, 0.3) is 0 Å². The predicted octanol–water partition coefficient (Wildman–Crippen LogP) is 6.61. The van der Waals surface area contributed by atoms with E-state index in [4.69, 9.17) is 16.8 Å². The first-order valence-corrected chi connectivity index (χ1v) is 23.1. The topological polar surface area (TPSA) is 36.9 Å². The van der Waals surface area contributed by atoms with Crippen molar-refractivity contribution in [1.29, 1.82) is 0 Å². The van der Waals surface area contributed by atoms with Crippen molar-refractivity contribution in [1.82, 2.24) is 0 Å². The summed E-state index contributed by atoms with van der Waals surface area (Å²) in [6.07, 6.45) is 4.42. The molecule has 2 aromatic rings. The predicted molar refractivity (Wildman–Crippen MR) is 159 cm³/mol. The van der Waals surface area contributed by atoms with E-state index in [0.717, 1.165) is 29.3 Å². The molecule has 0 aliphatic rings. The summed E-state index contributed by atoms with van der Waals surface area (Å²) < 4.78 is 27.7. The molecule has 194 valence electrons. The number of hydrogen-bond acceptors (Lipinski definition) is 4. The van der Waals surface area contributed by atoms with Crippen LogP contribution in [0.2, 0.25) is 38.8 Å². The molecule has 1 atom stereocenters. The van der Waals surface area contributed by atoms with Gasteiger partial charge in [-0.1, -0.05) is 99.5 Å². The molecule has 0 N–H and O–H groups in total. The lowest BCUT2D eigenvalue weighted by Crippen LogP contribution is -2.69. The summed E-state index contributed by atoms with van der Waals surface area (Å²) >= 11 is 0. The van der Waals surface area contributed by atoms with Crippen molar-refractivity contribution in [3.8, 4) is 0 Å². The van der Waals surface area contributed by atoms with Crippen LogP contribution in [0.25, 0.3) is 0 Å². The number of hydrogen-bond donors (Lipinski definition) is 0. The first kappa shape index (κ1) is 30.1. The zero-order valence-corrected chi connectivity index (χ0v) is 26.9. The fraction of sp³-hybridized carbons (Fsp3) is 0.481. The molecule has 0 amide bonds. The molecule has 2 aromatic carbocycles. The van der Waals surface area contributed by atoms with Crippen molar-refractivity contribution in [2.24, 2.45) is 0 Å². The van der Waals surface area contributed by atoms with Crippen LogP contribution in [-0.4, -0.2) is 40.6 Å². The van der Waals surface area contributed by atoms with E-state index in [1.807, 2.05) is 17.8 Å². The summed E-state index contributed by atoms with van der Waals surface area (Å²) in [4.78, 5) is 0. The standard InChI is InChI=1S/C27H46O4Si4/c1-9-12-24-28-35(26-20-16-14-17-21-26,27-22-18-15-19-23-27)31-34(8,11-3)30-33(6,7)29-32(4,5)25-13-10-2/h11,14-23H,3,9-10,12-13,24-25H2,1-2,4-8H3. The average molecular weight is 547 g/mol. The SMILES string of the molecule is C=C[Si](C)(O[Si](C)(C)O[Si](C)(C)CCCC)O[Si](OCCCC)(c1ccccc1)c1ccccc1. The van der Waals surface area contributed by atoms with Gasteiger partial charge in [-0.2, -0.15) is 0 Å². The third kappa shape index (κ3) is 9.05. The van der Waals surface area contributed by atoms with Gasteiger partial charge in [0.15, 0.2) is 8.32 Å². The first-order chi connectivity index (χ1) is 16.5. The quantitative estimate of drug-likeness (QED) is 0.175. The molecule has 4 nitrogen and oxygen atoms in total. The second-order valence-electron chi connectivity index (χ2n) is 10.3. The van der Waals surface area contributed by atoms with Gasteiger partial charge in [-0.15, -0.1) is 6.58 Å². The van der Waals surface area contributed by atoms with Gasteiger partial charge < -0.3 is 16.8 Å². The molecule has 2 rings (SSSR count). The van der Waals surface area contributed by atoms with Gasteiger partial charge in [0.05, 0.1) is 0 Å². The van der Waals surface area contributed by atoms with E-state index in [1.54, 1.807) is 0 Å². The molecule has 0 heterocycles. The molecule has 35 heavy (non-hydrogen) atoms. The van der Waals surface area contributed by atoms with Gasteiger partial charge in [-0.25, -0.2) is 0 Å². The monoisotopic (exact) mass is 546 g/mol. The van der Waals surface area contributed by atoms with E-state index in [0.29, 0.717) is 6.61 Å². The number of rotatable bonds is 16. The molecular formula is C27H46O4Si4. The van der Waals surface area contributed by atoms with Crippen LogP contribution < -0.4 is 10.4 Å². The minimum Gasteiger partial charge on any atom is -0.436 e. The summed E-state index contributed by atoms with van der Waals surface area (Å²) in [7, 11) is -10.3. The van der Waals surface area contributed by atoms with Crippen molar-refractivity contribution in [2.75, 3.05) is 6.61 Å². The highest BCUT2D eigenvalue weighted by Gasteiger charge is 2.51. The molecular weight excluding hydrogens is 501 g/mol. The van der Waals surface area contributed by atoms with Crippen molar-refractivity contribution in [3.63, 3.8) is 0 Å². The summed E-state index contributed by atoms with van der Waals surface area (Å²) in [5, 5.41) is 2.18. The Balaban J connectivity index is 2.48. The molecule has 1 unspecified atom stereocenters. The van der Waals surface area contributed by atoms with E-state index in [-0.39, 0.29) is 0 Å². The van der Waals surface area contributed by atoms with Crippen molar-refractivity contribution in [2.45, 2.75) is 78.3 Å². The maximum atomic E-state index is 7.21. The van der Waals surface area contributed by atoms with E-state index in [2.05, 4.69) is 102 Å². The summed E-state index contributed by atoms with van der Waals surface area (Å²) in [5.41, 5.74) is 1.91. The summed E-state index contributed by atoms with van der Waals surface area (Å²) in [6.45, 7) is 20.2. The number of unbranched alkanes of at least 4 members (excludes halogenated alkanes) is 2. The van der Waals surface area contributed by atoms with Crippen molar-refractivity contribution >= 4 is 44.4 Å². The minimum absolute atomic E-state index is 0.641. The molecule has 0 fully saturated rings. The summed E-state index contributed by atoms with van der Waals surface area (Å²) in [5.74, 6) is 0. The normalized spacial score (nSPS) is 14.5. The Morgan fingerprint density at radius 1 is 0.714 bits per heavy atom. The van der Waals surface area contributed by atoms with Crippen LogP contribution in [0, 0.1) is 0 Å². The van der Waals surface area contributed by atoms with E-state index >= 15 is 0 Å². The Morgan fingerprint density at radius 3 is 1.69 bits per heavy atom. The maximum absolute atomic E-state index is 7.21. The van der Waals surface area contributed by atoms with Gasteiger partial charge in [-0.3, -0.25) is 0 Å². The van der Waals surface area contributed by atoms with Gasteiger partial charge >= 0.3 is 25.7 Å². The van der Waals surface area contributed by atoms with Gasteiger partial charge in [0.1, 0.15) is 0 Å². The van der Waals surface area contributed by atoms with Crippen LogP contribution in [0.4, 0.5) is 0 Å². The lowest BCUT2D eigenvalue weighted by Gasteiger charge is -2.42. The smallest absolute Gasteiger partial charge is 0.398 e. The van der Waals surface area contributed by atoms with Gasteiger partial charge in [0.2, 0.25) is 0 Å². The Bertz CT molecular complexity index is 853. The van der Waals surface area contributed by atoms with Crippen molar-refractivity contribution < 1.29 is 16.8 Å². The second kappa shape index (κ2) is 13.4. The van der Waals surface area contributed by atoms with Gasteiger partial charge in [0, 0.05) is 6.61 Å².